The monoisotopic (exact) mass is 202 g/mol. The highest BCUT2D eigenvalue weighted by Gasteiger charge is 2.12. The van der Waals surface area contributed by atoms with Gasteiger partial charge in [-0.15, -0.1) is 0 Å². The van der Waals surface area contributed by atoms with Gasteiger partial charge in [-0.3, -0.25) is 0 Å². The number of rotatable bonds is 2. The zero-order valence-corrected chi connectivity index (χ0v) is 8.53. The van der Waals surface area contributed by atoms with Crippen molar-refractivity contribution in [1.29, 1.82) is 5.26 Å². The lowest BCUT2D eigenvalue weighted by Gasteiger charge is -2.24. The summed E-state index contributed by atoms with van der Waals surface area (Å²) in [7, 11) is 0. The number of aromatic nitrogens is 1. The highest BCUT2D eigenvalue weighted by Crippen LogP contribution is 2.11. The van der Waals surface area contributed by atoms with Crippen molar-refractivity contribution in [3.63, 3.8) is 0 Å². The van der Waals surface area contributed by atoms with Crippen molar-refractivity contribution in [2.24, 2.45) is 0 Å². The Bertz CT molecular complexity index is 346. The van der Waals surface area contributed by atoms with Gasteiger partial charge in [-0.1, -0.05) is 0 Å². The Morgan fingerprint density at radius 2 is 2.47 bits per heavy atom. The van der Waals surface area contributed by atoms with Crippen molar-refractivity contribution in [2.45, 2.75) is 18.9 Å². The van der Waals surface area contributed by atoms with Crippen LogP contribution in [0.4, 0.5) is 5.69 Å². The molecule has 0 aromatic carbocycles. The van der Waals surface area contributed by atoms with Crippen molar-refractivity contribution < 1.29 is 0 Å². The molecule has 78 valence electrons. The van der Waals surface area contributed by atoms with Gasteiger partial charge in [0, 0.05) is 12.6 Å². The molecule has 4 heteroatoms. The molecular weight excluding hydrogens is 188 g/mol. The summed E-state index contributed by atoms with van der Waals surface area (Å²) in [4.78, 5) is 4.02. The quantitative estimate of drug-likeness (QED) is 0.754. The van der Waals surface area contributed by atoms with Crippen LogP contribution in [-0.4, -0.2) is 24.1 Å². The maximum atomic E-state index is 8.61. The zero-order chi connectivity index (χ0) is 10.5. The standard InChI is InChI=1S/C11H14N4/c12-6-9-3-4-11(8-14-9)15-10-2-1-5-13-7-10/h3-4,8,10,13,15H,1-2,5,7H2. The molecule has 0 spiro atoms. The number of piperidine rings is 1. The minimum absolute atomic E-state index is 0.460. The molecule has 0 aliphatic carbocycles. The van der Waals surface area contributed by atoms with Crippen molar-refractivity contribution in [3.8, 4) is 6.07 Å². The lowest BCUT2D eigenvalue weighted by atomic mass is 10.1. The molecule has 1 saturated heterocycles. The molecule has 1 aromatic rings. The lowest BCUT2D eigenvalue weighted by Crippen LogP contribution is -2.38. The van der Waals surface area contributed by atoms with E-state index in [1.807, 2.05) is 12.1 Å². The topological polar surface area (TPSA) is 60.7 Å². The van der Waals surface area contributed by atoms with Gasteiger partial charge < -0.3 is 10.6 Å². The molecule has 1 atom stereocenters. The average Bonchev–Trinajstić information content (AvgIpc) is 2.31. The van der Waals surface area contributed by atoms with Gasteiger partial charge in [0.15, 0.2) is 0 Å². The van der Waals surface area contributed by atoms with E-state index in [1.165, 1.54) is 12.8 Å². The Labute approximate surface area is 89.3 Å². The second kappa shape index (κ2) is 4.76. The smallest absolute Gasteiger partial charge is 0.140 e. The van der Waals surface area contributed by atoms with Gasteiger partial charge in [-0.25, -0.2) is 4.98 Å². The number of nitrogens with one attached hydrogen (secondary N) is 2. The third-order valence-corrected chi connectivity index (χ3v) is 2.55. The summed E-state index contributed by atoms with van der Waals surface area (Å²) in [5.41, 5.74) is 1.45. The van der Waals surface area contributed by atoms with Gasteiger partial charge in [0.1, 0.15) is 11.8 Å². The van der Waals surface area contributed by atoms with E-state index in [0.29, 0.717) is 11.7 Å². The summed E-state index contributed by atoms with van der Waals surface area (Å²) in [5, 5.41) is 15.3. The van der Waals surface area contributed by atoms with Crippen molar-refractivity contribution >= 4 is 5.69 Å². The number of hydrogen-bond acceptors (Lipinski definition) is 4. The summed E-state index contributed by atoms with van der Waals surface area (Å²) in [6.07, 6.45) is 4.11. The van der Waals surface area contributed by atoms with Crippen LogP contribution in [0.2, 0.25) is 0 Å². The average molecular weight is 202 g/mol. The van der Waals surface area contributed by atoms with Gasteiger partial charge in [-0.05, 0) is 31.5 Å². The third-order valence-electron chi connectivity index (χ3n) is 2.55. The third kappa shape index (κ3) is 2.67. The molecular formula is C11H14N4. The summed E-state index contributed by atoms with van der Waals surface area (Å²) < 4.78 is 0. The fourth-order valence-corrected chi connectivity index (χ4v) is 1.76. The second-order valence-electron chi connectivity index (χ2n) is 3.73. The minimum atomic E-state index is 0.460. The van der Waals surface area contributed by atoms with E-state index < -0.39 is 0 Å². The van der Waals surface area contributed by atoms with E-state index in [9.17, 15) is 0 Å². The molecule has 1 aromatic heterocycles. The van der Waals surface area contributed by atoms with Crippen molar-refractivity contribution in [1.82, 2.24) is 10.3 Å². The summed E-state index contributed by atoms with van der Waals surface area (Å²) in [6.45, 7) is 2.11. The number of nitrogens with zero attached hydrogens (tertiary/aromatic N) is 2. The molecule has 0 amide bonds. The van der Waals surface area contributed by atoms with E-state index in [0.717, 1.165) is 18.8 Å². The minimum Gasteiger partial charge on any atom is -0.380 e. The van der Waals surface area contributed by atoms with E-state index in [1.54, 1.807) is 12.3 Å². The van der Waals surface area contributed by atoms with Crippen LogP contribution in [0.3, 0.4) is 0 Å². The molecule has 1 unspecified atom stereocenters. The van der Waals surface area contributed by atoms with Crippen LogP contribution in [0.15, 0.2) is 18.3 Å². The van der Waals surface area contributed by atoms with Crippen LogP contribution in [0.1, 0.15) is 18.5 Å². The highest BCUT2D eigenvalue weighted by atomic mass is 15.0. The predicted octanol–water partition coefficient (Wildman–Crippen LogP) is 1.12. The van der Waals surface area contributed by atoms with Crippen LogP contribution in [0.25, 0.3) is 0 Å². The Balaban J connectivity index is 1.95. The van der Waals surface area contributed by atoms with E-state index in [-0.39, 0.29) is 0 Å². The van der Waals surface area contributed by atoms with Crippen LogP contribution in [0.5, 0.6) is 0 Å². The van der Waals surface area contributed by atoms with Crippen LogP contribution < -0.4 is 10.6 Å². The molecule has 2 rings (SSSR count). The molecule has 2 N–H and O–H groups in total. The predicted molar refractivity (Wildman–Crippen MR) is 58.5 cm³/mol. The Hall–Kier alpha value is -1.60. The normalized spacial score (nSPS) is 20.6. The first kappa shape index (κ1) is 9.94. The maximum Gasteiger partial charge on any atom is 0.140 e. The fourth-order valence-electron chi connectivity index (χ4n) is 1.76. The number of anilines is 1. The SMILES string of the molecule is N#Cc1ccc(NC2CCCNC2)cn1. The van der Waals surface area contributed by atoms with Gasteiger partial charge in [0.05, 0.1) is 11.9 Å². The molecule has 1 aliphatic heterocycles. The number of nitriles is 1. The maximum absolute atomic E-state index is 8.61. The molecule has 1 fully saturated rings. The van der Waals surface area contributed by atoms with Crippen molar-refractivity contribution in [3.05, 3.63) is 24.0 Å². The largest absolute Gasteiger partial charge is 0.380 e. The number of hydrogen-bond donors (Lipinski definition) is 2. The first-order valence-electron chi connectivity index (χ1n) is 5.22. The van der Waals surface area contributed by atoms with Gasteiger partial charge in [-0.2, -0.15) is 5.26 Å². The Morgan fingerprint density at radius 1 is 1.53 bits per heavy atom. The first-order valence-corrected chi connectivity index (χ1v) is 5.22. The lowest BCUT2D eigenvalue weighted by molar-refractivity contribution is 0.480. The van der Waals surface area contributed by atoms with E-state index >= 15 is 0 Å². The molecule has 0 radical (unpaired) electrons. The molecule has 0 saturated carbocycles. The Kier molecular flexibility index (Phi) is 3.15. The Morgan fingerprint density at radius 3 is 3.07 bits per heavy atom. The summed E-state index contributed by atoms with van der Waals surface area (Å²) in [5.74, 6) is 0. The van der Waals surface area contributed by atoms with Gasteiger partial charge in [0.2, 0.25) is 0 Å². The van der Waals surface area contributed by atoms with Crippen LogP contribution in [-0.2, 0) is 0 Å². The molecule has 2 heterocycles. The second-order valence-corrected chi connectivity index (χ2v) is 3.73. The van der Waals surface area contributed by atoms with Crippen LogP contribution >= 0.6 is 0 Å². The van der Waals surface area contributed by atoms with Gasteiger partial charge in [0.25, 0.3) is 0 Å². The van der Waals surface area contributed by atoms with E-state index in [2.05, 4.69) is 15.6 Å². The zero-order valence-electron chi connectivity index (χ0n) is 8.53. The number of pyridine rings is 1. The summed E-state index contributed by atoms with van der Waals surface area (Å²) in [6, 6.07) is 6.12. The highest BCUT2D eigenvalue weighted by molar-refractivity contribution is 5.43. The first-order chi connectivity index (χ1) is 7.38. The molecule has 4 nitrogen and oxygen atoms in total. The van der Waals surface area contributed by atoms with Gasteiger partial charge >= 0.3 is 0 Å². The molecule has 1 aliphatic rings. The van der Waals surface area contributed by atoms with Crippen LogP contribution in [0, 0.1) is 11.3 Å². The fraction of sp³-hybridized carbons (Fsp3) is 0.455. The molecule has 0 bridgehead atoms. The summed E-state index contributed by atoms with van der Waals surface area (Å²) >= 11 is 0. The van der Waals surface area contributed by atoms with Crippen molar-refractivity contribution in [2.75, 3.05) is 18.4 Å². The molecule has 15 heavy (non-hydrogen) atoms. The van der Waals surface area contributed by atoms with E-state index in [4.69, 9.17) is 5.26 Å².